The fraction of sp³-hybridized carbons (Fsp3) is 0.345. The molecule has 2 aromatic carbocycles. The largest absolute Gasteiger partial charge is 0.339 e. The van der Waals surface area contributed by atoms with Crippen molar-refractivity contribution in [2.75, 3.05) is 26.2 Å². The van der Waals surface area contributed by atoms with Crippen molar-refractivity contribution in [1.82, 2.24) is 40.4 Å². The molecule has 1 aliphatic rings. The highest BCUT2D eigenvalue weighted by molar-refractivity contribution is 5.95. The van der Waals surface area contributed by atoms with Crippen LogP contribution >= 0.6 is 0 Å². The Hall–Kier alpha value is -4.94. The first kappa shape index (κ1) is 28.6. The number of halogens is 1. The summed E-state index contributed by atoms with van der Waals surface area (Å²) in [6.45, 7) is 1.22. The summed E-state index contributed by atoms with van der Waals surface area (Å²) in [5, 5.41) is 22.7. The van der Waals surface area contributed by atoms with Crippen molar-refractivity contribution in [3.8, 4) is 0 Å². The lowest BCUT2D eigenvalue weighted by Crippen LogP contribution is -2.50. The molecule has 1 saturated heterocycles. The first-order valence-electron chi connectivity index (χ1n) is 13.7. The fourth-order valence-electron chi connectivity index (χ4n) is 4.97. The highest BCUT2D eigenvalue weighted by Crippen LogP contribution is 2.20. The molecule has 1 aliphatic heterocycles. The van der Waals surface area contributed by atoms with Gasteiger partial charge < -0.3 is 9.80 Å². The van der Waals surface area contributed by atoms with Gasteiger partial charge in [-0.3, -0.25) is 19.2 Å². The van der Waals surface area contributed by atoms with Crippen LogP contribution in [0.2, 0.25) is 0 Å². The first-order chi connectivity index (χ1) is 20.4. The number of ketones is 1. The van der Waals surface area contributed by atoms with Crippen LogP contribution in [0, 0.1) is 5.82 Å². The van der Waals surface area contributed by atoms with Gasteiger partial charge in [-0.15, -0.1) is 20.4 Å². The highest BCUT2D eigenvalue weighted by atomic mass is 19.1. The highest BCUT2D eigenvalue weighted by Gasteiger charge is 2.26. The Balaban J connectivity index is 1.12. The number of hydrogen-bond donors (Lipinski definition) is 1. The lowest BCUT2D eigenvalue weighted by molar-refractivity contribution is -0.132. The molecule has 2 aromatic heterocycles. The molecule has 12 nitrogen and oxygen atoms in total. The van der Waals surface area contributed by atoms with Crippen LogP contribution in [0.5, 0.6) is 0 Å². The van der Waals surface area contributed by atoms with Crippen molar-refractivity contribution in [3.63, 3.8) is 0 Å². The maximum absolute atomic E-state index is 14.8. The van der Waals surface area contributed by atoms with E-state index in [4.69, 9.17) is 0 Å². The number of carbonyl (C=O) groups is 3. The third-order valence-electron chi connectivity index (χ3n) is 7.25. The van der Waals surface area contributed by atoms with Gasteiger partial charge in [0.05, 0.1) is 16.6 Å². The van der Waals surface area contributed by atoms with Crippen molar-refractivity contribution >= 4 is 28.4 Å². The van der Waals surface area contributed by atoms with Gasteiger partial charge in [-0.1, -0.05) is 24.3 Å². The average molecular weight is 573 g/mol. The molecular weight excluding hydrogens is 543 g/mol. The summed E-state index contributed by atoms with van der Waals surface area (Å²) in [4.78, 5) is 53.4. The van der Waals surface area contributed by atoms with E-state index in [-0.39, 0.29) is 55.2 Å². The van der Waals surface area contributed by atoms with E-state index < -0.39 is 11.7 Å². The number of H-pyrrole nitrogens is 1. The molecule has 0 aliphatic carbocycles. The molecule has 0 spiro atoms. The van der Waals surface area contributed by atoms with Crippen molar-refractivity contribution in [3.05, 3.63) is 87.6 Å². The zero-order chi connectivity index (χ0) is 29.5. The number of aromatic amines is 1. The molecule has 2 amide bonds. The quantitative estimate of drug-likeness (QED) is 0.300. The lowest BCUT2D eigenvalue weighted by Gasteiger charge is -2.35. The molecule has 0 bridgehead atoms. The monoisotopic (exact) mass is 572 g/mol. The Kier molecular flexibility index (Phi) is 8.95. The number of aryl methyl sites for hydroxylation is 1. The molecule has 0 unspecified atom stereocenters. The van der Waals surface area contributed by atoms with Crippen molar-refractivity contribution in [1.29, 1.82) is 0 Å². The van der Waals surface area contributed by atoms with E-state index in [1.807, 2.05) is 6.07 Å². The minimum Gasteiger partial charge on any atom is -0.339 e. The topological polar surface area (TPSA) is 155 Å². The molecule has 0 saturated carbocycles. The molecule has 13 heteroatoms. The van der Waals surface area contributed by atoms with Gasteiger partial charge in [0.25, 0.3) is 11.5 Å². The SMILES string of the molecule is O=C(CCCC(=O)N1CCN(C(=O)c2cc(Cc3n[nH]c(=O)c4ccccc34)ccc2F)CC1)CCc1nncnn1. The van der Waals surface area contributed by atoms with Gasteiger partial charge in [0.2, 0.25) is 5.91 Å². The van der Waals surface area contributed by atoms with Crippen molar-refractivity contribution in [2.24, 2.45) is 0 Å². The number of aromatic nitrogens is 6. The minimum atomic E-state index is -0.627. The van der Waals surface area contributed by atoms with Crippen LogP contribution in [0.15, 0.2) is 53.6 Å². The second-order valence-corrected chi connectivity index (χ2v) is 10.1. The predicted octanol–water partition coefficient (Wildman–Crippen LogP) is 1.89. The zero-order valence-electron chi connectivity index (χ0n) is 22.8. The number of amides is 2. The van der Waals surface area contributed by atoms with Gasteiger partial charge in [0, 0.05) is 63.7 Å². The lowest BCUT2D eigenvalue weighted by atomic mass is 10.0. The molecule has 4 aromatic rings. The molecule has 0 radical (unpaired) electrons. The number of rotatable bonds is 10. The molecule has 5 rings (SSSR count). The molecule has 42 heavy (non-hydrogen) atoms. The van der Waals surface area contributed by atoms with E-state index in [0.717, 1.165) is 0 Å². The number of Topliss-reactive ketones (excluding diaryl/α,β-unsaturated/α-hetero) is 1. The van der Waals surface area contributed by atoms with Gasteiger partial charge in [-0.2, -0.15) is 5.10 Å². The van der Waals surface area contributed by atoms with Crippen LogP contribution in [0.1, 0.15) is 53.1 Å². The number of nitrogens with one attached hydrogen (secondary N) is 1. The standard InChI is InChI=1S/C29H29FN8O4/c30-24-10-8-19(17-25-21-5-1-2-6-22(21)28(41)36-33-25)16-23(24)29(42)38-14-12-37(13-15-38)27(40)7-3-4-20(39)9-11-26-34-31-18-32-35-26/h1-2,5-6,8,10,16,18H,3-4,7,9,11-15,17H2,(H,36,41). The van der Waals surface area contributed by atoms with E-state index in [1.54, 1.807) is 34.1 Å². The summed E-state index contributed by atoms with van der Waals surface area (Å²) in [5.74, 6) is -0.736. The van der Waals surface area contributed by atoms with Gasteiger partial charge >= 0.3 is 0 Å². The van der Waals surface area contributed by atoms with Crippen molar-refractivity contribution in [2.45, 2.75) is 38.5 Å². The Morgan fingerprint density at radius 1 is 0.881 bits per heavy atom. The summed E-state index contributed by atoms with van der Waals surface area (Å²) in [6, 6.07) is 11.5. The van der Waals surface area contributed by atoms with Crippen LogP contribution in [-0.2, 0) is 22.4 Å². The smallest absolute Gasteiger partial charge is 0.272 e. The summed E-state index contributed by atoms with van der Waals surface area (Å²) in [5.41, 5.74) is 0.953. The summed E-state index contributed by atoms with van der Waals surface area (Å²) in [7, 11) is 0. The number of carbonyl (C=O) groups excluding carboxylic acids is 3. The molecule has 1 fully saturated rings. The number of benzene rings is 2. The third kappa shape index (κ3) is 6.85. The maximum Gasteiger partial charge on any atom is 0.272 e. The van der Waals surface area contributed by atoms with Crippen molar-refractivity contribution < 1.29 is 18.8 Å². The number of hydrogen-bond acceptors (Lipinski definition) is 9. The van der Waals surface area contributed by atoms with Crippen LogP contribution in [0.4, 0.5) is 4.39 Å². The molecule has 0 atom stereocenters. The molecule has 216 valence electrons. The Labute approximate surface area is 240 Å². The van der Waals surface area contributed by atoms with E-state index in [2.05, 4.69) is 30.6 Å². The molecule has 1 N–H and O–H groups in total. The first-order valence-corrected chi connectivity index (χ1v) is 13.7. The number of fused-ring (bicyclic) bond motifs is 1. The Bertz CT molecular complexity index is 1650. The van der Waals surface area contributed by atoms with E-state index >= 15 is 0 Å². The van der Waals surface area contributed by atoms with Crippen LogP contribution < -0.4 is 5.56 Å². The fourth-order valence-corrected chi connectivity index (χ4v) is 4.97. The van der Waals surface area contributed by atoms with E-state index in [1.165, 1.54) is 18.5 Å². The van der Waals surface area contributed by atoms with Gasteiger partial charge in [-0.05, 0) is 30.2 Å². The third-order valence-corrected chi connectivity index (χ3v) is 7.25. The van der Waals surface area contributed by atoms with Gasteiger partial charge in [0.1, 0.15) is 11.6 Å². The minimum absolute atomic E-state index is 0.0134. The number of nitrogens with zero attached hydrogens (tertiary/aromatic N) is 7. The average Bonchev–Trinajstić information content (AvgIpc) is 3.02. The second kappa shape index (κ2) is 13.1. The molecular formula is C29H29FN8O4. The summed E-state index contributed by atoms with van der Waals surface area (Å²) in [6.07, 6.45) is 3.08. The summed E-state index contributed by atoms with van der Waals surface area (Å²) >= 11 is 0. The Morgan fingerprint density at radius 2 is 1.60 bits per heavy atom. The van der Waals surface area contributed by atoms with Gasteiger partial charge in [-0.25, -0.2) is 9.49 Å². The van der Waals surface area contributed by atoms with E-state index in [0.29, 0.717) is 60.2 Å². The van der Waals surface area contributed by atoms with Gasteiger partial charge in [0.15, 0.2) is 12.2 Å². The normalized spacial score (nSPS) is 13.4. The van der Waals surface area contributed by atoms with E-state index in [9.17, 15) is 23.6 Å². The Morgan fingerprint density at radius 3 is 2.36 bits per heavy atom. The van der Waals surface area contributed by atoms with Crippen LogP contribution in [0.25, 0.3) is 10.8 Å². The molecule has 3 heterocycles. The summed E-state index contributed by atoms with van der Waals surface area (Å²) < 4.78 is 14.8. The maximum atomic E-state index is 14.8. The predicted molar refractivity (Wildman–Crippen MR) is 149 cm³/mol. The van der Waals surface area contributed by atoms with Crippen LogP contribution in [0.3, 0.4) is 0 Å². The zero-order valence-corrected chi connectivity index (χ0v) is 22.8. The van der Waals surface area contributed by atoms with Crippen LogP contribution in [-0.4, -0.2) is 84.2 Å². The second-order valence-electron chi connectivity index (χ2n) is 10.1. The number of piperazine rings is 1.